The van der Waals surface area contributed by atoms with Gasteiger partial charge in [0.05, 0.1) is 19.8 Å². The normalized spacial score (nSPS) is 19.4. The third-order valence-electron chi connectivity index (χ3n) is 13.4. The maximum atomic E-state index is 12.9. The van der Waals surface area contributed by atoms with Gasteiger partial charge in [0.25, 0.3) is 0 Å². The first-order valence-electron chi connectivity index (χ1n) is 28.3. The van der Waals surface area contributed by atoms with Gasteiger partial charge in [-0.25, -0.2) is 0 Å². The summed E-state index contributed by atoms with van der Waals surface area (Å²) in [6.45, 7) is 4.62. The van der Waals surface area contributed by atoms with E-state index in [-0.39, 0.29) is 19.2 Å². The van der Waals surface area contributed by atoms with Crippen LogP contribution in [0, 0.1) is 0 Å². The van der Waals surface area contributed by atoms with Crippen molar-refractivity contribution in [3.63, 3.8) is 0 Å². The minimum absolute atomic E-state index is 0.107. The Bertz CT molecular complexity index is 1010. The summed E-state index contributed by atoms with van der Waals surface area (Å²) < 4.78 is 23.0. The monoisotopic (exact) mass is 925 g/mol. The predicted molar refractivity (Wildman–Crippen MR) is 270 cm³/mol. The lowest BCUT2D eigenvalue weighted by Gasteiger charge is -2.39. The zero-order valence-corrected chi connectivity index (χ0v) is 42.8. The molecule has 4 N–H and O–H groups in total. The van der Waals surface area contributed by atoms with Gasteiger partial charge in [-0.15, -0.1) is 0 Å². The van der Waals surface area contributed by atoms with E-state index in [4.69, 9.17) is 18.9 Å². The van der Waals surface area contributed by atoms with Crippen molar-refractivity contribution in [2.45, 2.75) is 314 Å². The number of ether oxygens (including phenoxy) is 4. The molecular formula is C56H108O9. The molecule has 0 amide bonds. The molecule has 0 radical (unpaired) electrons. The van der Waals surface area contributed by atoms with E-state index in [1.54, 1.807) is 0 Å². The van der Waals surface area contributed by atoms with Crippen LogP contribution in [-0.4, -0.2) is 89.6 Å². The number of hydrogen-bond donors (Lipinski definition) is 4. The second kappa shape index (κ2) is 48.0. The molecule has 1 aliphatic heterocycles. The van der Waals surface area contributed by atoms with Crippen LogP contribution in [0.1, 0.15) is 277 Å². The van der Waals surface area contributed by atoms with Gasteiger partial charge in [-0.2, -0.15) is 0 Å². The van der Waals surface area contributed by atoms with Crippen molar-refractivity contribution in [2.24, 2.45) is 0 Å². The number of allylic oxidation sites excluding steroid dienone is 2. The molecule has 1 rings (SSSR count). The standard InChI is InChI=1S/C56H108O9/c1-3-5-7-9-11-13-15-17-19-21-23-25-26-27-29-31-33-35-37-39-41-43-45-52(58)64-50(49-63-56-55(61)54(60)53(59)51(47-57)65-56)48-62-46-44-42-40-38-36-34-32-30-28-24-22-20-18-16-14-12-10-8-6-4-2/h18,20,50-51,53-57,59-61H,3-17,19,21-49H2,1-2H3/b20-18-. The number of rotatable bonds is 50. The number of esters is 1. The molecule has 0 saturated carbocycles. The van der Waals surface area contributed by atoms with Crippen LogP contribution in [-0.2, 0) is 23.7 Å². The maximum absolute atomic E-state index is 12.9. The molecule has 0 aromatic carbocycles. The number of aliphatic hydroxyl groups is 4. The zero-order chi connectivity index (χ0) is 47.1. The number of aliphatic hydroxyl groups excluding tert-OH is 4. The van der Waals surface area contributed by atoms with Gasteiger partial charge in [-0.05, 0) is 38.5 Å². The summed E-state index contributed by atoms with van der Waals surface area (Å²) >= 11 is 0. The molecule has 6 unspecified atom stereocenters. The summed E-state index contributed by atoms with van der Waals surface area (Å²) in [6.07, 6.45) is 49.7. The fourth-order valence-electron chi connectivity index (χ4n) is 9.02. The SMILES string of the molecule is CCCCCCCC/C=C\CCCCCCCCCCCCOCC(COC1OC(CO)C(O)C(O)C1O)OC(=O)CCCCCCCCCCCCCCCCCCCCCCCC. The topological polar surface area (TPSA) is 135 Å². The Morgan fingerprint density at radius 2 is 0.846 bits per heavy atom. The molecule has 1 heterocycles. The van der Waals surface area contributed by atoms with Gasteiger partial charge in [0.15, 0.2) is 6.29 Å². The fraction of sp³-hybridized carbons (Fsp3) is 0.946. The van der Waals surface area contributed by atoms with E-state index < -0.39 is 43.4 Å². The third-order valence-corrected chi connectivity index (χ3v) is 13.4. The Balaban J connectivity index is 2.15. The highest BCUT2D eigenvalue weighted by atomic mass is 16.7. The second-order valence-corrected chi connectivity index (χ2v) is 19.7. The van der Waals surface area contributed by atoms with Gasteiger partial charge in [0, 0.05) is 13.0 Å². The smallest absolute Gasteiger partial charge is 0.306 e. The average Bonchev–Trinajstić information content (AvgIpc) is 3.31. The molecule has 9 nitrogen and oxygen atoms in total. The summed E-state index contributed by atoms with van der Waals surface area (Å²) in [6, 6.07) is 0. The van der Waals surface area contributed by atoms with Crippen molar-refractivity contribution in [1.82, 2.24) is 0 Å². The first-order valence-corrected chi connectivity index (χ1v) is 28.3. The third kappa shape index (κ3) is 38.5. The van der Waals surface area contributed by atoms with Crippen LogP contribution in [0.15, 0.2) is 12.2 Å². The molecule has 1 saturated heterocycles. The molecule has 65 heavy (non-hydrogen) atoms. The molecular weight excluding hydrogens is 817 g/mol. The van der Waals surface area contributed by atoms with E-state index in [2.05, 4.69) is 26.0 Å². The lowest BCUT2D eigenvalue weighted by molar-refractivity contribution is -0.305. The van der Waals surface area contributed by atoms with Gasteiger partial charge in [0.2, 0.25) is 0 Å². The highest BCUT2D eigenvalue weighted by molar-refractivity contribution is 5.69. The van der Waals surface area contributed by atoms with Gasteiger partial charge < -0.3 is 39.4 Å². The molecule has 1 aliphatic rings. The van der Waals surface area contributed by atoms with Crippen molar-refractivity contribution in [3.8, 4) is 0 Å². The molecule has 0 bridgehead atoms. The van der Waals surface area contributed by atoms with E-state index in [0.717, 1.165) is 32.1 Å². The zero-order valence-electron chi connectivity index (χ0n) is 42.8. The van der Waals surface area contributed by atoms with Crippen LogP contribution in [0.2, 0.25) is 0 Å². The van der Waals surface area contributed by atoms with E-state index in [9.17, 15) is 25.2 Å². The van der Waals surface area contributed by atoms with E-state index in [1.165, 1.54) is 225 Å². The molecule has 0 aromatic rings. The van der Waals surface area contributed by atoms with E-state index in [1.807, 2.05) is 0 Å². The van der Waals surface area contributed by atoms with Crippen molar-refractivity contribution >= 4 is 5.97 Å². The summed E-state index contributed by atoms with van der Waals surface area (Å²) in [4.78, 5) is 12.9. The Morgan fingerprint density at radius 1 is 0.477 bits per heavy atom. The maximum Gasteiger partial charge on any atom is 0.306 e. The molecule has 0 spiro atoms. The van der Waals surface area contributed by atoms with Gasteiger partial charge in [-0.3, -0.25) is 4.79 Å². The second-order valence-electron chi connectivity index (χ2n) is 19.7. The molecule has 0 aliphatic carbocycles. The van der Waals surface area contributed by atoms with Crippen molar-refractivity contribution < 1.29 is 44.2 Å². The Kier molecular flexibility index (Phi) is 45.7. The summed E-state index contributed by atoms with van der Waals surface area (Å²) in [7, 11) is 0. The van der Waals surface area contributed by atoms with Gasteiger partial charge in [0.1, 0.15) is 30.5 Å². The molecule has 9 heteroatoms. The number of carbonyl (C=O) groups excluding carboxylic acids is 1. The van der Waals surface area contributed by atoms with Gasteiger partial charge >= 0.3 is 5.97 Å². The first kappa shape index (κ1) is 61.9. The Hall–Kier alpha value is -1.07. The summed E-state index contributed by atoms with van der Waals surface area (Å²) in [5.74, 6) is -0.306. The molecule has 6 atom stereocenters. The van der Waals surface area contributed by atoms with Crippen LogP contribution in [0.25, 0.3) is 0 Å². The highest BCUT2D eigenvalue weighted by Crippen LogP contribution is 2.23. The number of unbranched alkanes of at least 4 members (excludes halogenated alkanes) is 37. The van der Waals surface area contributed by atoms with Crippen LogP contribution in [0.4, 0.5) is 0 Å². The molecule has 1 fully saturated rings. The lowest BCUT2D eigenvalue weighted by atomic mass is 9.99. The number of hydrogen-bond acceptors (Lipinski definition) is 9. The van der Waals surface area contributed by atoms with Crippen LogP contribution >= 0.6 is 0 Å². The van der Waals surface area contributed by atoms with Crippen LogP contribution in [0.3, 0.4) is 0 Å². The minimum atomic E-state index is -1.53. The van der Waals surface area contributed by atoms with Gasteiger partial charge in [-0.1, -0.05) is 244 Å². The van der Waals surface area contributed by atoms with Crippen molar-refractivity contribution in [1.29, 1.82) is 0 Å². The average molecular weight is 925 g/mol. The molecule has 386 valence electrons. The largest absolute Gasteiger partial charge is 0.457 e. The summed E-state index contributed by atoms with van der Waals surface area (Å²) in [5.41, 5.74) is 0. The van der Waals surface area contributed by atoms with Crippen molar-refractivity contribution in [3.05, 3.63) is 12.2 Å². The minimum Gasteiger partial charge on any atom is -0.457 e. The Labute approximate surface area is 401 Å². The Morgan fingerprint density at radius 3 is 1.25 bits per heavy atom. The highest BCUT2D eigenvalue weighted by Gasteiger charge is 2.44. The quantitative estimate of drug-likeness (QED) is 0.0267. The predicted octanol–water partition coefficient (Wildman–Crippen LogP) is 14.3. The first-order chi connectivity index (χ1) is 31.9. The van der Waals surface area contributed by atoms with Crippen molar-refractivity contribution in [2.75, 3.05) is 26.4 Å². The molecule has 0 aromatic heterocycles. The summed E-state index contributed by atoms with van der Waals surface area (Å²) in [5, 5.41) is 40.3. The van der Waals surface area contributed by atoms with E-state index in [0.29, 0.717) is 13.0 Å². The lowest BCUT2D eigenvalue weighted by Crippen LogP contribution is -2.59. The van der Waals surface area contributed by atoms with Crippen LogP contribution in [0.5, 0.6) is 0 Å². The fourth-order valence-corrected chi connectivity index (χ4v) is 9.02. The van der Waals surface area contributed by atoms with Crippen LogP contribution < -0.4 is 0 Å². The number of carbonyl (C=O) groups is 1. The van der Waals surface area contributed by atoms with E-state index >= 15 is 0 Å².